The fourth-order valence-corrected chi connectivity index (χ4v) is 3.43. The molecule has 0 heterocycles. The molecule has 2 N–H and O–H groups in total. The van der Waals surface area contributed by atoms with Crippen LogP contribution in [0.4, 0.5) is 11.4 Å². The van der Waals surface area contributed by atoms with Crippen LogP contribution in [0.5, 0.6) is 5.75 Å². The van der Waals surface area contributed by atoms with Crippen LogP contribution in [0.15, 0.2) is 66.7 Å². The number of benzene rings is 3. The molecule has 0 aliphatic rings. The lowest BCUT2D eigenvalue weighted by Crippen LogP contribution is -2.31. The third kappa shape index (κ3) is 5.89. The van der Waals surface area contributed by atoms with Crippen molar-refractivity contribution in [2.24, 2.45) is 0 Å². The van der Waals surface area contributed by atoms with Crippen LogP contribution in [0.25, 0.3) is 0 Å². The second-order valence-corrected chi connectivity index (χ2v) is 7.83. The van der Waals surface area contributed by atoms with Crippen molar-refractivity contribution in [3.05, 3.63) is 88.4 Å². The summed E-state index contributed by atoms with van der Waals surface area (Å²) in [6.45, 7) is 5.83. The molecule has 1 unspecified atom stereocenters. The maximum Gasteiger partial charge on any atom is 0.265 e. The van der Waals surface area contributed by atoms with E-state index in [0.29, 0.717) is 22.0 Å². The number of halogens is 1. The summed E-state index contributed by atoms with van der Waals surface area (Å²) in [5.41, 5.74) is 4.20. The lowest BCUT2D eigenvalue weighted by atomic mass is 10.0. The first-order valence-electron chi connectivity index (χ1n) is 10.7. The number of hydrogen-bond donors (Lipinski definition) is 2. The van der Waals surface area contributed by atoms with Gasteiger partial charge in [-0.25, -0.2) is 0 Å². The Morgan fingerprint density at radius 1 is 0.875 bits per heavy atom. The molecule has 3 rings (SSSR count). The molecule has 3 aromatic carbocycles. The molecule has 2 amide bonds. The summed E-state index contributed by atoms with van der Waals surface area (Å²) in [5.74, 6) is 0.0493. The Morgan fingerprint density at radius 3 is 2.03 bits per heavy atom. The predicted octanol–water partition coefficient (Wildman–Crippen LogP) is 6.12. The molecule has 166 valence electrons. The summed E-state index contributed by atoms with van der Waals surface area (Å²) >= 11 is 5.87. The molecule has 3 aromatic rings. The van der Waals surface area contributed by atoms with Crippen molar-refractivity contribution >= 4 is 34.8 Å². The molecular weight excluding hydrogens is 424 g/mol. The molecule has 0 fully saturated rings. The second kappa shape index (κ2) is 10.8. The highest BCUT2D eigenvalue weighted by molar-refractivity contribution is 6.30. The molecule has 6 heteroatoms. The average Bonchev–Trinajstić information content (AvgIpc) is 2.81. The van der Waals surface area contributed by atoms with Crippen LogP contribution in [0.1, 0.15) is 42.3 Å². The SMILES string of the molecule is CCc1cccc(CC)c1NC(=O)C(C)Oc1ccc(C(=O)Nc2ccc(Cl)cc2)cc1. The molecule has 0 bridgehead atoms. The van der Waals surface area contributed by atoms with E-state index in [4.69, 9.17) is 16.3 Å². The number of carbonyl (C=O) groups excluding carboxylic acids is 2. The Bertz CT molecular complexity index is 1060. The molecule has 0 radical (unpaired) electrons. The minimum Gasteiger partial charge on any atom is -0.481 e. The van der Waals surface area contributed by atoms with E-state index < -0.39 is 6.10 Å². The Balaban J connectivity index is 1.62. The smallest absolute Gasteiger partial charge is 0.265 e. The molecule has 0 saturated carbocycles. The molecule has 0 spiro atoms. The van der Waals surface area contributed by atoms with Crippen molar-refractivity contribution in [3.63, 3.8) is 0 Å². The maximum absolute atomic E-state index is 12.7. The molecule has 0 saturated heterocycles. The van der Waals surface area contributed by atoms with Gasteiger partial charge in [-0.05, 0) is 79.4 Å². The largest absolute Gasteiger partial charge is 0.481 e. The van der Waals surface area contributed by atoms with Gasteiger partial charge in [0.2, 0.25) is 0 Å². The van der Waals surface area contributed by atoms with Gasteiger partial charge in [0.25, 0.3) is 11.8 Å². The highest BCUT2D eigenvalue weighted by Gasteiger charge is 2.18. The van der Waals surface area contributed by atoms with Gasteiger partial charge in [-0.1, -0.05) is 43.6 Å². The number of para-hydroxylation sites is 1. The first-order chi connectivity index (χ1) is 15.4. The van der Waals surface area contributed by atoms with Gasteiger partial charge in [-0.15, -0.1) is 0 Å². The zero-order chi connectivity index (χ0) is 23.1. The number of carbonyl (C=O) groups is 2. The van der Waals surface area contributed by atoms with Gasteiger partial charge in [0, 0.05) is 22.0 Å². The van der Waals surface area contributed by atoms with E-state index in [1.54, 1.807) is 55.5 Å². The topological polar surface area (TPSA) is 67.4 Å². The highest BCUT2D eigenvalue weighted by atomic mass is 35.5. The van der Waals surface area contributed by atoms with E-state index in [1.165, 1.54) is 0 Å². The summed E-state index contributed by atoms with van der Waals surface area (Å²) < 4.78 is 5.80. The van der Waals surface area contributed by atoms with Crippen LogP contribution in [0, 0.1) is 0 Å². The van der Waals surface area contributed by atoms with E-state index in [-0.39, 0.29) is 11.8 Å². The van der Waals surface area contributed by atoms with Gasteiger partial charge in [-0.3, -0.25) is 9.59 Å². The van der Waals surface area contributed by atoms with Crippen molar-refractivity contribution in [1.82, 2.24) is 0 Å². The molecule has 32 heavy (non-hydrogen) atoms. The molecule has 5 nitrogen and oxygen atoms in total. The first-order valence-corrected chi connectivity index (χ1v) is 11.0. The van der Waals surface area contributed by atoms with Crippen LogP contribution < -0.4 is 15.4 Å². The van der Waals surface area contributed by atoms with Crippen LogP contribution in [0.2, 0.25) is 5.02 Å². The van der Waals surface area contributed by atoms with E-state index in [0.717, 1.165) is 29.7 Å². The van der Waals surface area contributed by atoms with E-state index in [1.807, 2.05) is 18.2 Å². The number of hydrogen-bond acceptors (Lipinski definition) is 3. The van der Waals surface area contributed by atoms with Crippen LogP contribution in [-0.4, -0.2) is 17.9 Å². The lowest BCUT2D eigenvalue weighted by Gasteiger charge is -2.18. The number of ether oxygens (including phenoxy) is 1. The number of nitrogens with one attached hydrogen (secondary N) is 2. The zero-order valence-corrected chi connectivity index (χ0v) is 19.2. The van der Waals surface area contributed by atoms with E-state index in [2.05, 4.69) is 24.5 Å². The van der Waals surface area contributed by atoms with E-state index in [9.17, 15) is 9.59 Å². The monoisotopic (exact) mass is 450 g/mol. The molecule has 1 atom stereocenters. The summed E-state index contributed by atoms with van der Waals surface area (Å²) in [6, 6.07) is 19.6. The number of anilines is 2. The minimum absolute atomic E-state index is 0.217. The number of amides is 2. The number of rotatable bonds is 8. The first kappa shape index (κ1) is 23.4. The molecule has 0 aliphatic heterocycles. The second-order valence-electron chi connectivity index (χ2n) is 7.39. The van der Waals surface area contributed by atoms with Crippen molar-refractivity contribution < 1.29 is 14.3 Å². The van der Waals surface area contributed by atoms with Crippen molar-refractivity contribution in [2.75, 3.05) is 10.6 Å². The molecule has 0 aliphatic carbocycles. The summed E-state index contributed by atoms with van der Waals surface area (Å²) in [5, 5.41) is 6.44. The maximum atomic E-state index is 12.7. The molecule has 0 aromatic heterocycles. The summed E-state index contributed by atoms with van der Waals surface area (Å²) in [4.78, 5) is 25.2. The third-order valence-electron chi connectivity index (χ3n) is 5.15. The molecular formula is C26H27ClN2O3. The van der Waals surface area contributed by atoms with Gasteiger partial charge >= 0.3 is 0 Å². The Kier molecular flexibility index (Phi) is 7.90. The van der Waals surface area contributed by atoms with Crippen LogP contribution in [-0.2, 0) is 17.6 Å². The van der Waals surface area contributed by atoms with Crippen molar-refractivity contribution in [2.45, 2.75) is 39.7 Å². The standard InChI is InChI=1S/C26H27ClN2O3/c1-4-18-7-6-8-19(5-2)24(18)29-25(30)17(3)32-23-15-9-20(10-16-23)26(31)28-22-13-11-21(27)12-14-22/h6-17H,4-5H2,1-3H3,(H,28,31)(H,29,30). The summed E-state index contributed by atoms with van der Waals surface area (Å²) in [7, 11) is 0. The zero-order valence-electron chi connectivity index (χ0n) is 18.4. The Hall–Kier alpha value is -3.31. The highest BCUT2D eigenvalue weighted by Crippen LogP contribution is 2.23. The van der Waals surface area contributed by atoms with Gasteiger partial charge in [0.1, 0.15) is 5.75 Å². The van der Waals surface area contributed by atoms with Crippen molar-refractivity contribution in [1.29, 1.82) is 0 Å². The fraction of sp³-hybridized carbons (Fsp3) is 0.231. The van der Waals surface area contributed by atoms with Gasteiger partial charge in [0.15, 0.2) is 6.10 Å². The number of aryl methyl sites for hydroxylation is 2. The Morgan fingerprint density at radius 2 is 1.47 bits per heavy atom. The third-order valence-corrected chi connectivity index (χ3v) is 5.40. The minimum atomic E-state index is -0.696. The quantitative estimate of drug-likeness (QED) is 0.434. The van der Waals surface area contributed by atoms with E-state index >= 15 is 0 Å². The lowest BCUT2D eigenvalue weighted by molar-refractivity contribution is -0.122. The van der Waals surface area contributed by atoms with Gasteiger partial charge in [0.05, 0.1) is 0 Å². The average molecular weight is 451 g/mol. The fourth-order valence-electron chi connectivity index (χ4n) is 3.31. The van der Waals surface area contributed by atoms with Gasteiger partial charge in [-0.2, -0.15) is 0 Å². The van der Waals surface area contributed by atoms with Gasteiger partial charge < -0.3 is 15.4 Å². The normalized spacial score (nSPS) is 11.5. The van der Waals surface area contributed by atoms with Crippen LogP contribution >= 0.6 is 11.6 Å². The predicted molar refractivity (Wildman–Crippen MR) is 130 cm³/mol. The van der Waals surface area contributed by atoms with Crippen LogP contribution in [0.3, 0.4) is 0 Å². The van der Waals surface area contributed by atoms with Crippen molar-refractivity contribution in [3.8, 4) is 5.75 Å². The summed E-state index contributed by atoms with van der Waals surface area (Å²) in [6.07, 6.45) is 0.967. The Labute approximate surface area is 193 Å².